The molecule has 2 aromatic carbocycles. The van der Waals surface area contributed by atoms with Crippen molar-refractivity contribution in [1.82, 2.24) is 16.0 Å². The minimum atomic E-state index is -0.993. The summed E-state index contributed by atoms with van der Waals surface area (Å²) in [6, 6.07) is 13.8. The van der Waals surface area contributed by atoms with Crippen LogP contribution in [0.15, 0.2) is 48.5 Å². The predicted octanol–water partition coefficient (Wildman–Crippen LogP) is 3.07. The summed E-state index contributed by atoms with van der Waals surface area (Å²) < 4.78 is 0. The number of aliphatic hydroxyl groups excluding tert-OH is 1. The third-order valence-electron chi connectivity index (χ3n) is 8.99. The molecular weight excluding hydrogens is 558 g/mol. The average molecular weight is 604 g/mol. The Bertz CT molecular complexity index is 1280. The lowest BCUT2D eigenvalue weighted by atomic mass is 9.95. The van der Waals surface area contributed by atoms with E-state index < -0.39 is 24.1 Å². The fraction of sp³-hybridized carbons (Fsp3) is 0.529. The van der Waals surface area contributed by atoms with Gasteiger partial charge < -0.3 is 30.9 Å². The van der Waals surface area contributed by atoms with Crippen LogP contribution in [0.2, 0.25) is 0 Å². The number of nitrogens with zero attached hydrogens (tertiary/aromatic N) is 2. The molecule has 1 saturated carbocycles. The summed E-state index contributed by atoms with van der Waals surface area (Å²) in [5, 5.41) is 20.6. The quantitative estimate of drug-likeness (QED) is 0.295. The number of benzene rings is 2. The topological polar surface area (TPSA) is 131 Å². The zero-order chi connectivity index (χ0) is 31.1. The number of nitrogens with one attached hydrogen (secondary N) is 3. The van der Waals surface area contributed by atoms with Crippen molar-refractivity contribution in [2.75, 3.05) is 29.4 Å². The SMILES string of the molecule is C[C@H](NC[C@@H](O)[C@H](Cc1ccccc1)NC(=O)c1cc(N2CCCC2=O)cc(N2CCCC2=O)c1)C(=O)NC1CCCCC1. The van der Waals surface area contributed by atoms with Gasteiger partial charge in [-0.05, 0) is 62.8 Å². The molecule has 0 bridgehead atoms. The summed E-state index contributed by atoms with van der Waals surface area (Å²) in [5.74, 6) is -0.517. The first kappa shape index (κ1) is 31.7. The predicted molar refractivity (Wildman–Crippen MR) is 170 cm³/mol. The number of rotatable bonds is 12. The molecule has 0 aromatic heterocycles. The van der Waals surface area contributed by atoms with E-state index in [1.165, 1.54) is 6.42 Å². The van der Waals surface area contributed by atoms with Crippen LogP contribution in [0.5, 0.6) is 0 Å². The van der Waals surface area contributed by atoms with Gasteiger partial charge in [0.15, 0.2) is 0 Å². The van der Waals surface area contributed by atoms with Crippen LogP contribution in [0.25, 0.3) is 0 Å². The van der Waals surface area contributed by atoms with E-state index in [0.29, 0.717) is 49.3 Å². The Morgan fingerprint density at radius 3 is 2.07 bits per heavy atom. The maximum Gasteiger partial charge on any atom is 0.251 e. The van der Waals surface area contributed by atoms with E-state index in [2.05, 4.69) is 16.0 Å². The standard InChI is InChI=1S/C34H45N5O5/c1-23(33(43)36-26-12-6-3-7-13-26)35-22-30(40)29(18-24-10-4-2-5-11-24)37-34(44)25-19-27(38-16-8-14-31(38)41)21-28(20-25)39-17-9-15-32(39)42/h2,4-5,10-11,19-21,23,26,29-30,35,40H,3,6-9,12-18,22H2,1H3,(H,36,43)(H,37,44)/t23-,29-,30+/m0/s1. The molecule has 0 radical (unpaired) electrons. The van der Waals surface area contributed by atoms with E-state index in [1.807, 2.05) is 36.4 Å². The normalized spacial score (nSPS) is 19.6. The first-order valence-corrected chi connectivity index (χ1v) is 16.1. The lowest BCUT2D eigenvalue weighted by Crippen LogP contribution is -2.53. The molecule has 5 rings (SSSR count). The third kappa shape index (κ3) is 8.04. The van der Waals surface area contributed by atoms with Crippen molar-refractivity contribution in [2.24, 2.45) is 0 Å². The highest BCUT2D eigenvalue weighted by Gasteiger charge is 2.29. The van der Waals surface area contributed by atoms with E-state index in [9.17, 15) is 24.3 Å². The van der Waals surface area contributed by atoms with Crippen molar-refractivity contribution < 1.29 is 24.3 Å². The second kappa shape index (κ2) is 14.8. The smallest absolute Gasteiger partial charge is 0.251 e. The van der Waals surface area contributed by atoms with E-state index in [4.69, 9.17) is 0 Å². The Morgan fingerprint density at radius 2 is 1.50 bits per heavy atom. The highest BCUT2D eigenvalue weighted by molar-refractivity contribution is 6.03. The molecule has 4 amide bonds. The summed E-state index contributed by atoms with van der Waals surface area (Å²) in [5.41, 5.74) is 2.44. The molecular formula is C34H45N5O5. The fourth-order valence-electron chi connectivity index (χ4n) is 6.39. The Balaban J connectivity index is 1.31. The molecule has 44 heavy (non-hydrogen) atoms. The Morgan fingerprint density at radius 1 is 0.886 bits per heavy atom. The van der Waals surface area contributed by atoms with Crippen molar-refractivity contribution in [1.29, 1.82) is 0 Å². The molecule has 3 fully saturated rings. The lowest BCUT2D eigenvalue weighted by molar-refractivity contribution is -0.124. The van der Waals surface area contributed by atoms with Crippen molar-refractivity contribution in [3.05, 3.63) is 59.7 Å². The van der Waals surface area contributed by atoms with Gasteiger partial charge in [-0.1, -0.05) is 49.6 Å². The molecule has 2 aliphatic heterocycles. The van der Waals surface area contributed by atoms with Crippen LogP contribution < -0.4 is 25.8 Å². The van der Waals surface area contributed by atoms with Gasteiger partial charge in [0.05, 0.1) is 18.2 Å². The molecule has 3 atom stereocenters. The van der Waals surface area contributed by atoms with Gasteiger partial charge in [0.1, 0.15) is 0 Å². The van der Waals surface area contributed by atoms with Crippen LogP contribution >= 0.6 is 0 Å². The zero-order valence-corrected chi connectivity index (χ0v) is 25.6. The van der Waals surface area contributed by atoms with Crippen LogP contribution in [-0.4, -0.2) is 72.6 Å². The number of hydrogen-bond acceptors (Lipinski definition) is 6. The highest BCUT2D eigenvalue weighted by Crippen LogP contribution is 2.31. The van der Waals surface area contributed by atoms with Crippen LogP contribution in [0.4, 0.5) is 11.4 Å². The zero-order valence-electron chi connectivity index (χ0n) is 25.6. The Labute approximate surface area is 259 Å². The lowest BCUT2D eigenvalue weighted by Gasteiger charge is -2.28. The fourth-order valence-corrected chi connectivity index (χ4v) is 6.39. The van der Waals surface area contributed by atoms with Gasteiger partial charge in [0.2, 0.25) is 17.7 Å². The number of aliphatic hydroxyl groups is 1. The summed E-state index contributed by atoms with van der Waals surface area (Å²) in [6.45, 7) is 3.00. The summed E-state index contributed by atoms with van der Waals surface area (Å²) in [4.78, 5) is 55.1. The minimum Gasteiger partial charge on any atom is -0.390 e. The first-order chi connectivity index (χ1) is 21.3. The van der Waals surface area contributed by atoms with E-state index in [0.717, 1.165) is 44.1 Å². The van der Waals surface area contributed by atoms with E-state index in [-0.39, 0.29) is 30.3 Å². The van der Waals surface area contributed by atoms with Gasteiger partial charge in [0.25, 0.3) is 5.91 Å². The number of hydrogen-bond donors (Lipinski definition) is 4. The van der Waals surface area contributed by atoms with Crippen molar-refractivity contribution >= 4 is 35.0 Å². The number of carbonyl (C=O) groups is 4. The average Bonchev–Trinajstić information content (AvgIpc) is 3.67. The van der Waals surface area contributed by atoms with Crippen molar-refractivity contribution in [3.63, 3.8) is 0 Å². The van der Waals surface area contributed by atoms with Gasteiger partial charge in [0, 0.05) is 55.5 Å². The Kier molecular flexibility index (Phi) is 10.7. The third-order valence-corrected chi connectivity index (χ3v) is 8.99. The van der Waals surface area contributed by atoms with Gasteiger partial charge in [-0.2, -0.15) is 0 Å². The van der Waals surface area contributed by atoms with Gasteiger partial charge in [-0.15, -0.1) is 0 Å². The van der Waals surface area contributed by atoms with Gasteiger partial charge in [-0.3, -0.25) is 19.2 Å². The molecule has 10 heteroatoms. The largest absolute Gasteiger partial charge is 0.390 e. The summed E-state index contributed by atoms with van der Waals surface area (Å²) >= 11 is 0. The molecule has 3 aliphatic rings. The van der Waals surface area contributed by atoms with Crippen LogP contribution in [-0.2, 0) is 20.8 Å². The van der Waals surface area contributed by atoms with Gasteiger partial charge >= 0.3 is 0 Å². The maximum absolute atomic E-state index is 13.8. The van der Waals surface area contributed by atoms with Crippen LogP contribution in [0, 0.1) is 0 Å². The molecule has 2 aromatic rings. The molecule has 0 unspecified atom stereocenters. The Hall–Kier alpha value is -3.76. The van der Waals surface area contributed by atoms with E-state index in [1.54, 1.807) is 28.9 Å². The molecule has 0 spiro atoms. The molecule has 10 nitrogen and oxygen atoms in total. The maximum atomic E-state index is 13.8. The monoisotopic (exact) mass is 603 g/mol. The number of anilines is 2. The van der Waals surface area contributed by atoms with Crippen molar-refractivity contribution in [3.8, 4) is 0 Å². The van der Waals surface area contributed by atoms with E-state index >= 15 is 0 Å². The highest BCUT2D eigenvalue weighted by atomic mass is 16.3. The molecule has 2 saturated heterocycles. The number of amides is 4. The molecule has 236 valence electrons. The second-order valence-corrected chi connectivity index (χ2v) is 12.3. The molecule has 2 heterocycles. The van der Waals surface area contributed by atoms with Gasteiger partial charge in [-0.25, -0.2) is 0 Å². The molecule has 1 aliphatic carbocycles. The van der Waals surface area contributed by atoms with Crippen LogP contribution in [0.1, 0.15) is 80.6 Å². The number of carbonyl (C=O) groups excluding carboxylic acids is 4. The first-order valence-electron chi connectivity index (χ1n) is 16.1. The van der Waals surface area contributed by atoms with Crippen molar-refractivity contribution in [2.45, 2.75) is 95.4 Å². The summed E-state index contributed by atoms with van der Waals surface area (Å²) in [6.07, 6.45) is 7.20. The second-order valence-electron chi connectivity index (χ2n) is 12.3. The minimum absolute atomic E-state index is 0.00801. The van der Waals surface area contributed by atoms with Crippen LogP contribution in [0.3, 0.4) is 0 Å². The molecule has 4 N–H and O–H groups in total. The summed E-state index contributed by atoms with van der Waals surface area (Å²) in [7, 11) is 0.